The maximum Gasteiger partial charge on any atom is 0.225 e. The van der Waals surface area contributed by atoms with Crippen LogP contribution in [0.25, 0.3) is 11.3 Å². The molecule has 3 rings (SSSR count). The van der Waals surface area contributed by atoms with Crippen molar-refractivity contribution in [2.45, 2.75) is 12.8 Å². The summed E-state index contributed by atoms with van der Waals surface area (Å²) in [5.41, 5.74) is 1.80. The summed E-state index contributed by atoms with van der Waals surface area (Å²) in [7, 11) is 0. The smallest absolute Gasteiger partial charge is 0.225 e. The third-order valence-electron chi connectivity index (χ3n) is 3.06. The van der Waals surface area contributed by atoms with Crippen molar-refractivity contribution in [1.29, 1.82) is 0 Å². The lowest BCUT2D eigenvalue weighted by Gasteiger charge is -2.00. The van der Waals surface area contributed by atoms with Crippen LogP contribution in [0.5, 0.6) is 0 Å². The van der Waals surface area contributed by atoms with Gasteiger partial charge in [-0.1, -0.05) is 11.6 Å². The van der Waals surface area contributed by atoms with Crippen molar-refractivity contribution in [2.24, 2.45) is 0 Å². The predicted molar refractivity (Wildman–Crippen MR) is 88.1 cm³/mol. The van der Waals surface area contributed by atoms with E-state index in [1.165, 1.54) is 11.3 Å². The highest BCUT2D eigenvalue weighted by atomic mass is 35.5. The molecule has 0 aliphatic rings. The third kappa shape index (κ3) is 3.72. The first-order valence-corrected chi connectivity index (χ1v) is 7.90. The number of carbonyl (C=O) groups is 1. The van der Waals surface area contributed by atoms with E-state index < -0.39 is 0 Å². The number of carbonyl (C=O) groups excluding carboxylic acids is 1. The number of anilines is 1. The molecule has 0 aromatic carbocycles. The van der Waals surface area contributed by atoms with Gasteiger partial charge in [0.15, 0.2) is 5.82 Å². The van der Waals surface area contributed by atoms with Gasteiger partial charge in [-0.2, -0.15) is 5.10 Å². The Morgan fingerprint density at radius 3 is 2.82 bits per heavy atom. The number of halogens is 1. The summed E-state index contributed by atoms with van der Waals surface area (Å²) in [6.07, 6.45) is 4.49. The van der Waals surface area contributed by atoms with Crippen molar-refractivity contribution in [1.82, 2.24) is 15.2 Å². The summed E-state index contributed by atoms with van der Waals surface area (Å²) in [6, 6.07) is 9.33. The van der Waals surface area contributed by atoms with E-state index in [-0.39, 0.29) is 5.91 Å². The fraction of sp³-hybridized carbons (Fsp3) is 0.133. The van der Waals surface area contributed by atoms with Crippen LogP contribution < -0.4 is 5.32 Å². The Morgan fingerprint density at radius 1 is 1.27 bits per heavy atom. The quantitative estimate of drug-likeness (QED) is 0.747. The van der Waals surface area contributed by atoms with Crippen LogP contribution in [0.3, 0.4) is 0 Å². The largest absolute Gasteiger partial charge is 0.309 e. The summed E-state index contributed by atoms with van der Waals surface area (Å²) in [6.45, 7) is 0. The predicted octanol–water partition coefficient (Wildman–Crippen LogP) is 3.76. The number of pyridine rings is 1. The third-order valence-corrected chi connectivity index (χ3v) is 4.35. The Labute approximate surface area is 136 Å². The number of nitrogens with zero attached hydrogens (tertiary/aromatic N) is 2. The molecule has 0 radical (unpaired) electrons. The van der Waals surface area contributed by atoms with E-state index in [0.717, 1.165) is 20.5 Å². The number of H-pyrrole nitrogens is 1. The lowest BCUT2D eigenvalue weighted by molar-refractivity contribution is -0.116. The fourth-order valence-corrected chi connectivity index (χ4v) is 3.08. The minimum Gasteiger partial charge on any atom is -0.309 e. The number of aryl methyl sites for hydroxylation is 1. The average Bonchev–Trinajstić information content (AvgIpc) is 3.15. The molecule has 0 fully saturated rings. The van der Waals surface area contributed by atoms with Gasteiger partial charge in [0.25, 0.3) is 0 Å². The first-order valence-electron chi connectivity index (χ1n) is 6.70. The number of aromatic nitrogens is 3. The molecule has 3 heterocycles. The van der Waals surface area contributed by atoms with Crippen molar-refractivity contribution in [3.63, 3.8) is 0 Å². The molecule has 7 heteroatoms. The van der Waals surface area contributed by atoms with Gasteiger partial charge in [0.1, 0.15) is 0 Å². The molecular weight excluding hydrogens is 320 g/mol. The van der Waals surface area contributed by atoms with E-state index in [2.05, 4.69) is 20.5 Å². The molecule has 2 N–H and O–H groups in total. The average molecular weight is 333 g/mol. The molecule has 22 heavy (non-hydrogen) atoms. The molecule has 1 amide bonds. The van der Waals surface area contributed by atoms with Crippen LogP contribution >= 0.6 is 22.9 Å². The van der Waals surface area contributed by atoms with E-state index in [4.69, 9.17) is 11.6 Å². The first kappa shape index (κ1) is 14.7. The highest BCUT2D eigenvalue weighted by Gasteiger charge is 2.08. The number of rotatable bonds is 5. The van der Waals surface area contributed by atoms with Crippen molar-refractivity contribution < 1.29 is 4.79 Å². The van der Waals surface area contributed by atoms with E-state index in [0.29, 0.717) is 18.7 Å². The zero-order valence-corrected chi connectivity index (χ0v) is 13.1. The molecule has 0 atom stereocenters. The highest BCUT2D eigenvalue weighted by molar-refractivity contribution is 7.16. The second-order valence-electron chi connectivity index (χ2n) is 4.66. The minimum absolute atomic E-state index is 0.0719. The lowest BCUT2D eigenvalue weighted by Crippen LogP contribution is -2.12. The van der Waals surface area contributed by atoms with Crippen molar-refractivity contribution in [3.8, 4) is 11.3 Å². The second kappa shape index (κ2) is 6.72. The van der Waals surface area contributed by atoms with Crippen LogP contribution in [0.2, 0.25) is 4.34 Å². The Hall–Kier alpha value is -2.18. The SMILES string of the molecule is O=C(CCc1ccc(Cl)s1)Nc1cc(-c2ccncc2)[nH]n1. The fourth-order valence-electron chi connectivity index (χ4n) is 1.99. The zero-order chi connectivity index (χ0) is 15.4. The van der Waals surface area contributed by atoms with Crippen molar-refractivity contribution in [3.05, 3.63) is 51.9 Å². The van der Waals surface area contributed by atoms with Crippen LogP contribution in [0.1, 0.15) is 11.3 Å². The molecule has 0 spiro atoms. The van der Waals surface area contributed by atoms with Crippen LogP contribution in [0, 0.1) is 0 Å². The molecule has 112 valence electrons. The standard InChI is InChI=1S/C15H13ClN4OS/c16-13-3-1-11(22-13)2-4-15(21)18-14-9-12(19-20-14)10-5-7-17-8-6-10/h1,3,5-9H,2,4H2,(H2,18,19,20,21). The van der Waals surface area contributed by atoms with Gasteiger partial charge in [-0.05, 0) is 30.7 Å². The Balaban J connectivity index is 1.57. The molecule has 0 saturated heterocycles. The maximum atomic E-state index is 11.9. The van der Waals surface area contributed by atoms with Crippen molar-refractivity contribution >= 4 is 34.7 Å². The molecule has 0 bridgehead atoms. The summed E-state index contributed by atoms with van der Waals surface area (Å²) < 4.78 is 0.740. The summed E-state index contributed by atoms with van der Waals surface area (Å²) in [5, 5.41) is 9.78. The number of amides is 1. The van der Waals surface area contributed by atoms with E-state index in [1.807, 2.05) is 24.3 Å². The topological polar surface area (TPSA) is 70.7 Å². The lowest BCUT2D eigenvalue weighted by atomic mass is 10.2. The second-order valence-corrected chi connectivity index (χ2v) is 6.46. The Kier molecular flexibility index (Phi) is 4.50. The molecule has 0 aliphatic carbocycles. The number of aromatic amines is 1. The summed E-state index contributed by atoms with van der Waals surface area (Å²) in [5.74, 6) is 0.443. The number of hydrogen-bond donors (Lipinski definition) is 2. The number of thiophene rings is 1. The van der Waals surface area contributed by atoms with E-state index in [9.17, 15) is 4.79 Å². The van der Waals surface area contributed by atoms with Gasteiger partial charge in [0.05, 0.1) is 10.0 Å². The van der Waals surface area contributed by atoms with Gasteiger partial charge in [0.2, 0.25) is 5.91 Å². The molecular formula is C15H13ClN4OS. The highest BCUT2D eigenvalue weighted by Crippen LogP contribution is 2.23. The Morgan fingerprint density at radius 2 is 2.09 bits per heavy atom. The zero-order valence-electron chi connectivity index (χ0n) is 11.5. The monoisotopic (exact) mass is 332 g/mol. The first-order chi connectivity index (χ1) is 10.7. The molecule has 0 aliphatic heterocycles. The van der Waals surface area contributed by atoms with Crippen LogP contribution in [-0.2, 0) is 11.2 Å². The van der Waals surface area contributed by atoms with Crippen molar-refractivity contribution in [2.75, 3.05) is 5.32 Å². The summed E-state index contributed by atoms with van der Waals surface area (Å²) in [4.78, 5) is 17.0. The van der Waals surface area contributed by atoms with Crippen LogP contribution in [0.4, 0.5) is 5.82 Å². The summed E-state index contributed by atoms with van der Waals surface area (Å²) >= 11 is 7.36. The van der Waals surface area contributed by atoms with Crippen LogP contribution in [0.15, 0.2) is 42.7 Å². The van der Waals surface area contributed by atoms with Gasteiger partial charge >= 0.3 is 0 Å². The normalized spacial score (nSPS) is 10.6. The van der Waals surface area contributed by atoms with Crippen LogP contribution in [-0.4, -0.2) is 21.1 Å². The molecule has 3 aromatic heterocycles. The molecule has 5 nitrogen and oxygen atoms in total. The molecule has 0 unspecified atom stereocenters. The number of hydrogen-bond acceptors (Lipinski definition) is 4. The maximum absolute atomic E-state index is 11.9. The van der Waals surface area contributed by atoms with Gasteiger partial charge in [-0.3, -0.25) is 14.9 Å². The van der Waals surface area contributed by atoms with Gasteiger partial charge in [0, 0.05) is 35.3 Å². The molecule has 3 aromatic rings. The van der Waals surface area contributed by atoms with Gasteiger partial charge < -0.3 is 5.32 Å². The van der Waals surface area contributed by atoms with Gasteiger partial charge in [-0.15, -0.1) is 11.3 Å². The Bertz CT molecular complexity index is 769. The number of nitrogens with one attached hydrogen (secondary N) is 2. The minimum atomic E-state index is -0.0719. The van der Waals surface area contributed by atoms with E-state index in [1.54, 1.807) is 18.5 Å². The van der Waals surface area contributed by atoms with Gasteiger partial charge in [-0.25, -0.2) is 0 Å². The van der Waals surface area contributed by atoms with E-state index >= 15 is 0 Å². The molecule has 0 saturated carbocycles.